The Balaban J connectivity index is 0. The van der Waals surface area contributed by atoms with Crippen LogP contribution in [-0.4, -0.2) is 40.9 Å². The Labute approximate surface area is 64.8 Å². The van der Waals surface area contributed by atoms with E-state index in [0.29, 0.717) is 0 Å². The molecular weight excluding hydrogens is 111 g/mol. The van der Waals surface area contributed by atoms with Crippen LogP contribution < -0.4 is 0 Å². The van der Waals surface area contributed by atoms with E-state index in [0.717, 1.165) is 5.08 Å². The summed E-state index contributed by atoms with van der Waals surface area (Å²) in [4.78, 5) is 0. The standard InChI is InChI=1S/C2H6S2.Na.H/c1-4-2-3;;/h3H,2H2,1H3;;. The first-order valence-corrected chi connectivity index (χ1v) is 3.04. The molecule has 3 heteroatoms. The van der Waals surface area contributed by atoms with Crippen molar-refractivity contribution in [1.82, 2.24) is 0 Å². The van der Waals surface area contributed by atoms with Gasteiger partial charge in [0.15, 0.2) is 0 Å². The van der Waals surface area contributed by atoms with Crippen LogP contribution >= 0.6 is 24.4 Å². The molecule has 5 heavy (non-hydrogen) atoms. The SMILES string of the molecule is CSCS.[NaH]. The monoisotopic (exact) mass is 118 g/mol. The summed E-state index contributed by atoms with van der Waals surface area (Å²) in [6.07, 6.45) is 2.02. The minimum atomic E-state index is 0. The molecule has 0 amide bonds. The van der Waals surface area contributed by atoms with Crippen LogP contribution in [0.25, 0.3) is 0 Å². The van der Waals surface area contributed by atoms with Crippen molar-refractivity contribution in [3.8, 4) is 0 Å². The molecule has 0 aromatic rings. The molecule has 0 radical (unpaired) electrons. The Bertz CT molecular complexity index is 9.61. The van der Waals surface area contributed by atoms with E-state index >= 15 is 0 Å². The average Bonchev–Trinajstić information content (AvgIpc) is 1.37. The Kier molecular flexibility index (Phi) is 18.1. The molecule has 0 aromatic heterocycles. The predicted octanol–water partition coefficient (Wildman–Crippen LogP) is 0.588. The van der Waals surface area contributed by atoms with Gasteiger partial charge in [0.25, 0.3) is 0 Å². The second kappa shape index (κ2) is 9.20. The molecule has 0 saturated heterocycles. The fourth-order valence-electron chi connectivity index (χ4n) is 0. The van der Waals surface area contributed by atoms with Gasteiger partial charge in [0.2, 0.25) is 0 Å². The zero-order valence-electron chi connectivity index (χ0n) is 2.56. The van der Waals surface area contributed by atoms with E-state index in [1.54, 1.807) is 11.8 Å². The van der Waals surface area contributed by atoms with Gasteiger partial charge in [0.05, 0.1) is 0 Å². The molecule has 0 fully saturated rings. The third-order valence-electron chi connectivity index (χ3n) is 0.129. The summed E-state index contributed by atoms with van der Waals surface area (Å²) in [5.41, 5.74) is 0. The predicted molar refractivity (Wildman–Crippen MR) is 34.5 cm³/mol. The third-order valence-corrected chi connectivity index (χ3v) is 1.16. The summed E-state index contributed by atoms with van der Waals surface area (Å²) in [7, 11) is 0. The van der Waals surface area contributed by atoms with Crippen molar-refractivity contribution in [1.29, 1.82) is 0 Å². The zero-order chi connectivity index (χ0) is 3.41. The van der Waals surface area contributed by atoms with Gasteiger partial charge in [0, 0.05) is 5.08 Å². The van der Waals surface area contributed by atoms with Crippen LogP contribution in [0.1, 0.15) is 0 Å². The van der Waals surface area contributed by atoms with Crippen molar-refractivity contribution in [3.63, 3.8) is 0 Å². The molecular formula is C2H7NaS2. The first kappa shape index (κ1) is 9.85. The number of rotatable bonds is 1. The van der Waals surface area contributed by atoms with Crippen LogP contribution in [0.5, 0.6) is 0 Å². The van der Waals surface area contributed by atoms with Gasteiger partial charge in [0.1, 0.15) is 0 Å². The zero-order valence-corrected chi connectivity index (χ0v) is 4.27. The van der Waals surface area contributed by atoms with Gasteiger partial charge in [-0.2, -0.15) is 24.4 Å². The van der Waals surface area contributed by atoms with E-state index in [-0.39, 0.29) is 29.6 Å². The molecule has 0 bridgehead atoms. The average molecular weight is 118 g/mol. The molecule has 0 spiro atoms. The van der Waals surface area contributed by atoms with Gasteiger partial charge in [-0.05, 0) is 6.26 Å². The molecule has 28 valence electrons. The Morgan fingerprint density at radius 3 is 2.00 bits per heavy atom. The molecule has 0 atom stereocenters. The normalized spacial score (nSPS) is 6.00. The number of hydrogen-bond donors (Lipinski definition) is 1. The van der Waals surface area contributed by atoms with E-state index in [4.69, 9.17) is 0 Å². The molecule has 0 unspecified atom stereocenters. The van der Waals surface area contributed by atoms with Gasteiger partial charge >= 0.3 is 29.6 Å². The fraction of sp³-hybridized carbons (Fsp3) is 1.00. The summed E-state index contributed by atoms with van der Waals surface area (Å²) in [6.45, 7) is 0. The molecule has 0 rings (SSSR count). The van der Waals surface area contributed by atoms with Crippen LogP contribution in [0.2, 0.25) is 0 Å². The summed E-state index contributed by atoms with van der Waals surface area (Å²) >= 11 is 5.60. The van der Waals surface area contributed by atoms with Crippen LogP contribution in [0.3, 0.4) is 0 Å². The van der Waals surface area contributed by atoms with Crippen molar-refractivity contribution in [2.45, 2.75) is 0 Å². The summed E-state index contributed by atoms with van der Waals surface area (Å²) in [5.74, 6) is 0. The van der Waals surface area contributed by atoms with Crippen LogP contribution in [0, 0.1) is 0 Å². The maximum atomic E-state index is 3.88. The Morgan fingerprint density at radius 2 is 2.00 bits per heavy atom. The second-order valence-corrected chi connectivity index (χ2v) is 2.03. The van der Waals surface area contributed by atoms with E-state index in [2.05, 4.69) is 12.6 Å². The van der Waals surface area contributed by atoms with Crippen molar-refractivity contribution in [3.05, 3.63) is 0 Å². The number of thioether (sulfide) groups is 1. The van der Waals surface area contributed by atoms with Gasteiger partial charge in [-0.25, -0.2) is 0 Å². The third kappa shape index (κ3) is 10.7. The molecule has 0 N–H and O–H groups in total. The van der Waals surface area contributed by atoms with E-state index in [1.165, 1.54) is 0 Å². The molecule has 0 aliphatic carbocycles. The molecule has 0 nitrogen and oxygen atoms in total. The Morgan fingerprint density at radius 1 is 1.80 bits per heavy atom. The fourth-order valence-corrected chi connectivity index (χ4v) is 0. The van der Waals surface area contributed by atoms with E-state index in [9.17, 15) is 0 Å². The van der Waals surface area contributed by atoms with Crippen molar-refractivity contribution in [2.75, 3.05) is 11.3 Å². The van der Waals surface area contributed by atoms with Crippen molar-refractivity contribution < 1.29 is 0 Å². The number of thiol groups is 1. The molecule has 0 aliphatic rings. The molecule has 0 aromatic carbocycles. The minimum absolute atomic E-state index is 0. The van der Waals surface area contributed by atoms with Crippen LogP contribution in [0.15, 0.2) is 0 Å². The van der Waals surface area contributed by atoms with Crippen molar-refractivity contribution in [2.24, 2.45) is 0 Å². The van der Waals surface area contributed by atoms with Gasteiger partial charge in [-0.1, -0.05) is 0 Å². The molecule has 0 aliphatic heterocycles. The Hall–Kier alpha value is 1.70. The summed E-state index contributed by atoms with van der Waals surface area (Å²) < 4.78 is 0. The van der Waals surface area contributed by atoms with Gasteiger partial charge in [-0.15, -0.1) is 0 Å². The molecule has 0 saturated carbocycles. The van der Waals surface area contributed by atoms with E-state index in [1.807, 2.05) is 6.26 Å². The molecule has 0 heterocycles. The first-order chi connectivity index (χ1) is 1.91. The number of hydrogen-bond acceptors (Lipinski definition) is 2. The van der Waals surface area contributed by atoms with Crippen LogP contribution in [0.4, 0.5) is 0 Å². The second-order valence-electron chi connectivity index (χ2n) is 0.418. The van der Waals surface area contributed by atoms with E-state index < -0.39 is 0 Å². The maximum absolute atomic E-state index is 3.88. The van der Waals surface area contributed by atoms with Crippen molar-refractivity contribution >= 4 is 53.9 Å². The topological polar surface area (TPSA) is 0 Å². The summed E-state index contributed by atoms with van der Waals surface area (Å²) in [6, 6.07) is 0. The first-order valence-electron chi connectivity index (χ1n) is 1.01. The van der Waals surface area contributed by atoms with Gasteiger partial charge < -0.3 is 0 Å². The summed E-state index contributed by atoms with van der Waals surface area (Å²) in [5, 5.41) is 0.931. The van der Waals surface area contributed by atoms with Crippen LogP contribution in [-0.2, 0) is 0 Å². The van der Waals surface area contributed by atoms with Gasteiger partial charge in [-0.3, -0.25) is 0 Å². The quantitative estimate of drug-likeness (QED) is 0.299.